The molecular formula is C8H12F2N2. The zero-order chi connectivity index (χ0) is 9.19. The number of hydrogen-bond acceptors (Lipinski definition) is 2. The average Bonchev–Trinajstić information content (AvgIpc) is 2.30. The van der Waals surface area contributed by atoms with Crippen LogP contribution in [0.15, 0.2) is 0 Å². The Bertz CT molecular complexity index is 198. The molecule has 0 spiro atoms. The van der Waals surface area contributed by atoms with E-state index in [0.717, 1.165) is 0 Å². The van der Waals surface area contributed by atoms with Gasteiger partial charge in [-0.05, 0) is 13.3 Å². The van der Waals surface area contributed by atoms with Gasteiger partial charge >= 0.3 is 0 Å². The molecule has 0 aromatic carbocycles. The van der Waals surface area contributed by atoms with Gasteiger partial charge in [0, 0.05) is 18.9 Å². The lowest BCUT2D eigenvalue weighted by Gasteiger charge is -2.13. The van der Waals surface area contributed by atoms with Crippen LogP contribution in [-0.4, -0.2) is 18.0 Å². The van der Waals surface area contributed by atoms with Crippen LogP contribution in [0.2, 0.25) is 0 Å². The number of rotatable bonds is 2. The maximum absolute atomic E-state index is 12.6. The second kappa shape index (κ2) is 3.36. The predicted octanol–water partition coefficient (Wildman–Crippen LogP) is 1.68. The first-order valence-electron chi connectivity index (χ1n) is 4.07. The maximum Gasteiger partial charge on any atom is 0.249 e. The molecule has 68 valence electrons. The van der Waals surface area contributed by atoms with Gasteiger partial charge in [-0.2, -0.15) is 5.26 Å². The van der Waals surface area contributed by atoms with Crippen molar-refractivity contribution in [2.45, 2.75) is 44.2 Å². The van der Waals surface area contributed by atoms with Crippen LogP contribution < -0.4 is 5.32 Å². The van der Waals surface area contributed by atoms with Crippen LogP contribution in [-0.2, 0) is 0 Å². The molecule has 2 nitrogen and oxygen atoms in total. The molecule has 12 heavy (non-hydrogen) atoms. The normalized spacial score (nSPS) is 29.7. The predicted molar refractivity (Wildman–Crippen MR) is 40.8 cm³/mol. The molecule has 0 bridgehead atoms. The van der Waals surface area contributed by atoms with Gasteiger partial charge in [-0.1, -0.05) is 0 Å². The molecule has 0 aliphatic heterocycles. The number of nitrogens with one attached hydrogen (secondary N) is 1. The quantitative estimate of drug-likeness (QED) is 0.691. The Morgan fingerprint density at radius 2 is 2.33 bits per heavy atom. The zero-order valence-electron chi connectivity index (χ0n) is 6.98. The first kappa shape index (κ1) is 9.40. The Morgan fingerprint density at radius 1 is 1.67 bits per heavy atom. The topological polar surface area (TPSA) is 35.8 Å². The van der Waals surface area contributed by atoms with E-state index in [1.165, 1.54) is 0 Å². The molecule has 0 amide bonds. The van der Waals surface area contributed by atoms with E-state index in [4.69, 9.17) is 5.26 Å². The van der Waals surface area contributed by atoms with Gasteiger partial charge in [0.2, 0.25) is 5.92 Å². The zero-order valence-corrected chi connectivity index (χ0v) is 6.98. The van der Waals surface area contributed by atoms with Crippen LogP contribution in [0.5, 0.6) is 0 Å². The molecule has 4 heteroatoms. The van der Waals surface area contributed by atoms with Crippen molar-refractivity contribution >= 4 is 0 Å². The van der Waals surface area contributed by atoms with Gasteiger partial charge in [0.15, 0.2) is 0 Å². The van der Waals surface area contributed by atoms with Gasteiger partial charge in [0.25, 0.3) is 0 Å². The van der Waals surface area contributed by atoms with Crippen molar-refractivity contribution in [3.8, 4) is 6.07 Å². The van der Waals surface area contributed by atoms with Crippen molar-refractivity contribution in [2.75, 3.05) is 0 Å². The molecule has 1 rings (SSSR count). The summed E-state index contributed by atoms with van der Waals surface area (Å²) in [6.07, 6.45) is 0.293. The van der Waals surface area contributed by atoms with Crippen molar-refractivity contribution in [3.05, 3.63) is 0 Å². The Kier molecular flexibility index (Phi) is 2.63. The monoisotopic (exact) mass is 174 g/mol. The van der Waals surface area contributed by atoms with Crippen LogP contribution >= 0.6 is 0 Å². The minimum Gasteiger partial charge on any atom is -0.299 e. The minimum absolute atomic E-state index is 0.0528. The van der Waals surface area contributed by atoms with Crippen molar-refractivity contribution < 1.29 is 8.78 Å². The molecule has 0 aromatic heterocycles. The van der Waals surface area contributed by atoms with Gasteiger partial charge in [-0.3, -0.25) is 5.32 Å². The molecule has 0 saturated heterocycles. The van der Waals surface area contributed by atoms with Gasteiger partial charge in [0.05, 0.1) is 12.1 Å². The summed E-state index contributed by atoms with van der Waals surface area (Å²) in [7, 11) is 0. The summed E-state index contributed by atoms with van der Waals surface area (Å²) in [6.45, 7) is 1.68. The molecule has 2 unspecified atom stereocenters. The van der Waals surface area contributed by atoms with Crippen LogP contribution in [0.4, 0.5) is 8.78 Å². The summed E-state index contributed by atoms with van der Waals surface area (Å²) in [5.74, 6) is -2.52. The van der Waals surface area contributed by atoms with Crippen LogP contribution in [0.25, 0.3) is 0 Å². The standard InChI is InChI=1S/C8H12F2N2/c1-6(5-11)12-7-2-3-8(9,10)4-7/h6-7,12H,2-4H2,1H3. The molecular weight excluding hydrogens is 162 g/mol. The fraction of sp³-hybridized carbons (Fsp3) is 0.875. The van der Waals surface area contributed by atoms with Crippen molar-refractivity contribution in [1.82, 2.24) is 5.32 Å². The highest BCUT2D eigenvalue weighted by molar-refractivity contribution is 4.93. The fourth-order valence-corrected chi connectivity index (χ4v) is 1.48. The van der Waals surface area contributed by atoms with Crippen LogP contribution in [0.3, 0.4) is 0 Å². The molecule has 1 fully saturated rings. The summed E-state index contributed by atoms with van der Waals surface area (Å²) in [5.41, 5.74) is 0. The van der Waals surface area contributed by atoms with E-state index in [0.29, 0.717) is 6.42 Å². The summed E-state index contributed by atoms with van der Waals surface area (Å²) < 4.78 is 25.3. The van der Waals surface area contributed by atoms with Crippen LogP contribution in [0, 0.1) is 11.3 Å². The van der Waals surface area contributed by atoms with E-state index in [-0.39, 0.29) is 24.9 Å². The third kappa shape index (κ3) is 2.42. The van der Waals surface area contributed by atoms with Crippen molar-refractivity contribution in [1.29, 1.82) is 5.26 Å². The molecule has 1 aliphatic rings. The highest BCUT2D eigenvalue weighted by atomic mass is 19.3. The molecule has 0 radical (unpaired) electrons. The summed E-state index contributed by atoms with van der Waals surface area (Å²) in [4.78, 5) is 0. The molecule has 0 aromatic rings. The van der Waals surface area contributed by atoms with E-state index < -0.39 is 5.92 Å². The van der Waals surface area contributed by atoms with Gasteiger partial charge < -0.3 is 0 Å². The van der Waals surface area contributed by atoms with Gasteiger partial charge in [-0.25, -0.2) is 8.78 Å². The SMILES string of the molecule is CC(C#N)NC1CCC(F)(F)C1. The van der Waals surface area contributed by atoms with Gasteiger partial charge in [-0.15, -0.1) is 0 Å². The van der Waals surface area contributed by atoms with E-state index in [9.17, 15) is 8.78 Å². The lowest BCUT2D eigenvalue weighted by atomic mass is 10.2. The number of nitriles is 1. The first-order chi connectivity index (χ1) is 5.53. The number of halogens is 2. The second-order valence-corrected chi connectivity index (χ2v) is 3.31. The third-order valence-corrected chi connectivity index (χ3v) is 2.08. The van der Waals surface area contributed by atoms with Crippen molar-refractivity contribution in [3.63, 3.8) is 0 Å². The van der Waals surface area contributed by atoms with E-state index in [1.54, 1.807) is 6.92 Å². The summed E-state index contributed by atoms with van der Waals surface area (Å²) in [5, 5.41) is 11.3. The number of hydrogen-bond donors (Lipinski definition) is 1. The summed E-state index contributed by atoms with van der Waals surface area (Å²) >= 11 is 0. The average molecular weight is 174 g/mol. The van der Waals surface area contributed by atoms with Crippen LogP contribution in [0.1, 0.15) is 26.2 Å². The lowest BCUT2D eigenvalue weighted by Crippen LogP contribution is -2.34. The molecule has 2 atom stereocenters. The van der Waals surface area contributed by atoms with E-state index in [1.807, 2.05) is 6.07 Å². The first-order valence-corrected chi connectivity index (χ1v) is 4.07. The fourth-order valence-electron chi connectivity index (χ4n) is 1.48. The maximum atomic E-state index is 12.6. The molecule has 0 heterocycles. The summed E-state index contributed by atoms with van der Waals surface area (Å²) in [6, 6.07) is 1.45. The minimum atomic E-state index is -2.52. The number of nitrogens with zero attached hydrogens (tertiary/aromatic N) is 1. The van der Waals surface area contributed by atoms with Gasteiger partial charge in [0.1, 0.15) is 0 Å². The molecule has 1 N–H and O–H groups in total. The third-order valence-electron chi connectivity index (χ3n) is 2.08. The molecule has 1 aliphatic carbocycles. The Balaban J connectivity index is 2.34. The van der Waals surface area contributed by atoms with E-state index in [2.05, 4.69) is 5.32 Å². The highest BCUT2D eigenvalue weighted by Crippen LogP contribution is 2.34. The molecule has 1 saturated carbocycles. The van der Waals surface area contributed by atoms with E-state index >= 15 is 0 Å². The second-order valence-electron chi connectivity index (χ2n) is 3.31. The number of alkyl halides is 2. The largest absolute Gasteiger partial charge is 0.299 e. The Morgan fingerprint density at radius 3 is 2.75 bits per heavy atom. The van der Waals surface area contributed by atoms with Crippen molar-refractivity contribution in [2.24, 2.45) is 0 Å². The Hall–Kier alpha value is -0.690. The lowest BCUT2D eigenvalue weighted by molar-refractivity contribution is 0.00682. The Labute approximate surface area is 70.6 Å². The highest BCUT2D eigenvalue weighted by Gasteiger charge is 2.39. The smallest absolute Gasteiger partial charge is 0.249 e.